The number of rotatable bonds is 0. The van der Waals surface area contributed by atoms with Crippen molar-refractivity contribution in [2.75, 3.05) is 6.54 Å². The van der Waals surface area contributed by atoms with Crippen LogP contribution in [0.1, 0.15) is 19.3 Å². The molecule has 0 saturated carbocycles. The van der Waals surface area contributed by atoms with Crippen molar-refractivity contribution in [3.63, 3.8) is 0 Å². The fourth-order valence-electron chi connectivity index (χ4n) is 1.44. The van der Waals surface area contributed by atoms with Gasteiger partial charge in [0, 0.05) is 24.2 Å². The lowest BCUT2D eigenvalue weighted by atomic mass is 10.1. The van der Waals surface area contributed by atoms with Crippen LogP contribution in [0.4, 0.5) is 0 Å². The van der Waals surface area contributed by atoms with E-state index in [1.165, 1.54) is 5.57 Å². The molecule has 0 amide bonds. The lowest BCUT2D eigenvalue weighted by Gasteiger charge is -2.13. The van der Waals surface area contributed by atoms with Crippen LogP contribution in [0, 0.1) is 0 Å². The number of fused-ring (bicyclic) bond motifs is 1. The molecule has 0 bridgehead atoms. The number of amidine groups is 1. The Labute approximate surface area is 77.0 Å². The first-order valence-corrected chi connectivity index (χ1v) is 4.59. The van der Waals surface area contributed by atoms with Gasteiger partial charge in [0.05, 0.1) is 0 Å². The minimum absolute atomic E-state index is 0.836. The Kier molecular flexibility index (Phi) is 2.17. The summed E-state index contributed by atoms with van der Waals surface area (Å²) in [5, 5.41) is 3.97. The fraction of sp³-hybridized carbons (Fsp3) is 0.444. The van der Waals surface area contributed by atoms with Gasteiger partial charge in [-0.3, -0.25) is 4.99 Å². The van der Waals surface area contributed by atoms with Crippen molar-refractivity contribution < 1.29 is 0 Å². The largest absolute Gasteiger partial charge is 0.346 e. The summed E-state index contributed by atoms with van der Waals surface area (Å²) < 4.78 is 0. The van der Waals surface area contributed by atoms with Crippen LogP contribution in [-0.4, -0.2) is 12.4 Å². The van der Waals surface area contributed by atoms with Crippen LogP contribution in [0.25, 0.3) is 0 Å². The van der Waals surface area contributed by atoms with Gasteiger partial charge in [0.15, 0.2) is 0 Å². The van der Waals surface area contributed by atoms with Crippen molar-refractivity contribution >= 4 is 17.4 Å². The molecule has 1 N–H and O–H groups in total. The van der Waals surface area contributed by atoms with Crippen molar-refractivity contribution in [1.82, 2.24) is 5.32 Å². The second-order valence-corrected chi connectivity index (χ2v) is 3.49. The summed E-state index contributed by atoms with van der Waals surface area (Å²) in [6, 6.07) is 0. The number of hydrogen-bond donors (Lipinski definition) is 1. The van der Waals surface area contributed by atoms with Crippen LogP contribution in [-0.2, 0) is 0 Å². The Morgan fingerprint density at radius 3 is 3.33 bits per heavy atom. The Balaban J connectivity index is 2.27. The van der Waals surface area contributed by atoms with Gasteiger partial charge in [0.2, 0.25) is 0 Å². The molecule has 0 aromatic rings. The molecule has 0 fully saturated rings. The van der Waals surface area contributed by atoms with E-state index in [9.17, 15) is 0 Å². The number of allylic oxidation sites excluding steroid dienone is 2. The molecular weight excluding hydrogens is 172 g/mol. The third-order valence-corrected chi connectivity index (χ3v) is 2.35. The highest BCUT2D eigenvalue weighted by atomic mass is 35.5. The molecule has 0 spiro atoms. The zero-order valence-electron chi connectivity index (χ0n) is 6.81. The van der Waals surface area contributed by atoms with Gasteiger partial charge >= 0.3 is 0 Å². The Hall–Kier alpha value is -0.760. The van der Waals surface area contributed by atoms with E-state index in [0.717, 1.165) is 36.7 Å². The van der Waals surface area contributed by atoms with Gasteiger partial charge < -0.3 is 5.32 Å². The summed E-state index contributed by atoms with van der Waals surface area (Å²) in [6.07, 6.45) is 7.12. The minimum Gasteiger partial charge on any atom is -0.346 e. The molecule has 0 aliphatic carbocycles. The van der Waals surface area contributed by atoms with Crippen LogP contribution in [0.2, 0.25) is 0 Å². The molecule has 3 heteroatoms. The number of nitrogens with one attached hydrogen (secondary N) is 1. The number of aliphatic imine (C=N–C) groups is 1. The second-order valence-electron chi connectivity index (χ2n) is 3.00. The van der Waals surface area contributed by atoms with Crippen molar-refractivity contribution in [3.8, 4) is 0 Å². The van der Waals surface area contributed by atoms with Crippen LogP contribution >= 0.6 is 11.6 Å². The molecule has 2 nitrogen and oxygen atoms in total. The van der Waals surface area contributed by atoms with Crippen LogP contribution < -0.4 is 5.32 Å². The quantitative estimate of drug-likeness (QED) is 0.610. The smallest absolute Gasteiger partial charge is 0.127 e. The van der Waals surface area contributed by atoms with Gasteiger partial charge in [-0.15, -0.1) is 0 Å². The zero-order valence-corrected chi connectivity index (χ0v) is 7.56. The SMILES string of the molecule is ClC1=CNC2=NCCCC2=CC1. The van der Waals surface area contributed by atoms with E-state index in [2.05, 4.69) is 16.4 Å². The zero-order chi connectivity index (χ0) is 8.39. The molecule has 0 aromatic carbocycles. The predicted octanol–water partition coefficient (Wildman–Crippen LogP) is 2.18. The first-order chi connectivity index (χ1) is 5.86. The van der Waals surface area contributed by atoms with Gasteiger partial charge in [-0.2, -0.15) is 0 Å². The van der Waals surface area contributed by atoms with Crippen molar-refractivity contribution in [2.45, 2.75) is 19.3 Å². The monoisotopic (exact) mass is 182 g/mol. The summed E-state index contributed by atoms with van der Waals surface area (Å²) in [6.45, 7) is 0.936. The fourth-order valence-corrected chi connectivity index (χ4v) is 1.58. The molecule has 0 aromatic heterocycles. The van der Waals surface area contributed by atoms with E-state index in [1.807, 2.05) is 6.20 Å². The average molecular weight is 183 g/mol. The number of nitrogens with zero attached hydrogens (tertiary/aromatic N) is 1. The van der Waals surface area contributed by atoms with Crippen molar-refractivity contribution in [1.29, 1.82) is 0 Å². The van der Waals surface area contributed by atoms with Gasteiger partial charge in [-0.1, -0.05) is 17.7 Å². The van der Waals surface area contributed by atoms with Crippen LogP contribution in [0.15, 0.2) is 27.9 Å². The second kappa shape index (κ2) is 3.31. The van der Waals surface area contributed by atoms with Crippen molar-refractivity contribution in [2.24, 2.45) is 4.99 Å². The number of hydrogen-bond acceptors (Lipinski definition) is 2. The normalized spacial score (nSPS) is 22.6. The van der Waals surface area contributed by atoms with Crippen LogP contribution in [0.3, 0.4) is 0 Å². The molecule has 2 rings (SSSR count). The van der Waals surface area contributed by atoms with E-state index < -0.39 is 0 Å². The molecule has 0 saturated heterocycles. The van der Waals surface area contributed by atoms with Crippen molar-refractivity contribution in [3.05, 3.63) is 22.9 Å². The van der Waals surface area contributed by atoms with E-state index in [1.54, 1.807) is 0 Å². The van der Waals surface area contributed by atoms with Gasteiger partial charge in [0.25, 0.3) is 0 Å². The predicted molar refractivity (Wildman–Crippen MR) is 51.3 cm³/mol. The highest BCUT2D eigenvalue weighted by molar-refractivity contribution is 6.30. The lowest BCUT2D eigenvalue weighted by molar-refractivity contribution is 0.803. The van der Waals surface area contributed by atoms with Gasteiger partial charge in [0.1, 0.15) is 5.84 Å². The summed E-state index contributed by atoms with van der Waals surface area (Å²) in [5.74, 6) is 1.01. The average Bonchev–Trinajstić information content (AvgIpc) is 2.29. The molecule has 0 atom stereocenters. The Morgan fingerprint density at radius 1 is 1.50 bits per heavy atom. The molecule has 2 aliphatic heterocycles. The summed E-state index contributed by atoms with van der Waals surface area (Å²) in [4.78, 5) is 4.38. The van der Waals surface area contributed by atoms with E-state index in [0.29, 0.717) is 0 Å². The highest BCUT2D eigenvalue weighted by Crippen LogP contribution is 2.19. The Bertz CT molecular complexity index is 276. The molecule has 0 radical (unpaired) electrons. The van der Waals surface area contributed by atoms with Crippen LogP contribution in [0.5, 0.6) is 0 Å². The maximum absolute atomic E-state index is 5.89. The topological polar surface area (TPSA) is 24.4 Å². The number of halogens is 1. The minimum atomic E-state index is 0.836. The molecular formula is C9H11ClN2. The third kappa shape index (κ3) is 1.53. The first-order valence-electron chi connectivity index (χ1n) is 4.21. The maximum atomic E-state index is 5.89. The summed E-state index contributed by atoms with van der Waals surface area (Å²) >= 11 is 5.89. The summed E-state index contributed by atoms with van der Waals surface area (Å²) in [5.41, 5.74) is 1.31. The van der Waals surface area contributed by atoms with E-state index >= 15 is 0 Å². The molecule has 2 heterocycles. The third-order valence-electron chi connectivity index (χ3n) is 2.09. The maximum Gasteiger partial charge on any atom is 0.127 e. The molecule has 2 aliphatic rings. The molecule has 12 heavy (non-hydrogen) atoms. The standard InChI is InChI=1S/C9H11ClN2/c10-8-4-3-7-2-1-5-11-9(7)12-6-8/h3,6H,1-2,4-5H2,(H,11,12). The Morgan fingerprint density at radius 2 is 2.42 bits per heavy atom. The van der Waals surface area contributed by atoms with E-state index in [-0.39, 0.29) is 0 Å². The van der Waals surface area contributed by atoms with Gasteiger partial charge in [-0.05, 0) is 18.4 Å². The summed E-state index contributed by atoms with van der Waals surface area (Å²) in [7, 11) is 0. The molecule has 0 unspecified atom stereocenters. The van der Waals surface area contributed by atoms with Gasteiger partial charge in [-0.25, -0.2) is 0 Å². The lowest BCUT2D eigenvalue weighted by Crippen LogP contribution is -2.22. The van der Waals surface area contributed by atoms with E-state index in [4.69, 9.17) is 11.6 Å². The molecule has 64 valence electrons. The first kappa shape index (κ1) is 7.87. The highest BCUT2D eigenvalue weighted by Gasteiger charge is 2.12.